The van der Waals surface area contributed by atoms with Crippen molar-refractivity contribution in [2.45, 2.75) is 23.7 Å². The van der Waals surface area contributed by atoms with E-state index in [-0.39, 0.29) is 17.7 Å². The number of hydrogen-bond acceptors (Lipinski definition) is 4. The molecule has 3 aliphatic rings. The number of thioether (sulfide) groups is 1. The van der Waals surface area contributed by atoms with Crippen molar-refractivity contribution in [1.82, 2.24) is 9.88 Å². The van der Waals surface area contributed by atoms with E-state index in [0.29, 0.717) is 28.4 Å². The smallest absolute Gasteiger partial charge is 0.360 e. The van der Waals surface area contributed by atoms with Crippen LogP contribution in [0, 0.1) is 5.92 Å². The first kappa shape index (κ1) is 23.5. The highest BCUT2D eigenvalue weighted by atomic mass is 32.2. The Balaban J connectivity index is 1.47. The molecule has 1 spiro atoms. The Bertz CT molecular complexity index is 1600. The molecular formula is C29H22F3N3O2S. The minimum absolute atomic E-state index is 0.196. The SMILES string of the molecule is O=C(c1c[nH]c2ccccc12)[C@@H]1[C@@H](c2ccc(C(F)(F)F)cc2)[C@@H]2CSCN2[C@@]12C(=O)Nc1ccccc12. The molecule has 0 radical (unpaired) electrons. The van der Waals surface area contributed by atoms with Gasteiger partial charge in [-0.2, -0.15) is 13.2 Å². The summed E-state index contributed by atoms with van der Waals surface area (Å²) in [5.41, 5.74) is 1.31. The maximum absolute atomic E-state index is 14.7. The molecule has 1 aromatic heterocycles. The maximum atomic E-state index is 14.7. The van der Waals surface area contributed by atoms with E-state index in [1.807, 2.05) is 48.5 Å². The highest BCUT2D eigenvalue weighted by Gasteiger charge is 2.69. The van der Waals surface area contributed by atoms with Crippen LogP contribution in [0.1, 0.15) is 33.0 Å². The molecule has 3 aliphatic heterocycles. The van der Waals surface area contributed by atoms with E-state index in [0.717, 1.165) is 28.6 Å². The summed E-state index contributed by atoms with van der Waals surface area (Å²) in [7, 11) is 0. The number of Topliss-reactive ketones (excluding diaryl/α,β-unsaturated/α-hetero) is 1. The lowest BCUT2D eigenvalue weighted by Crippen LogP contribution is -2.52. The van der Waals surface area contributed by atoms with Gasteiger partial charge in [0.1, 0.15) is 5.54 Å². The number of hydrogen-bond donors (Lipinski definition) is 2. The number of ketones is 1. The van der Waals surface area contributed by atoms with E-state index in [2.05, 4.69) is 15.2 Å². The van der Waals surface area contributed by atoms with Gasteiger partial charge in [-0.1, -0.05) is 48.5 Å². The van der Waals surface area contributed by atoms with Crippen molar-refractivity contribution in [2.24, 2.45) is 5.92 Å². The quantitative estimate of drug-likeness (QED) is 0.317. The van der Waals surface area contributed by atoms with Crippen molar-refractivity contribution < 1.29 is 22.8 Å². The molecule has 0 saturated carbocycles. The van der Waals surface area contributed by atoms with E-state index < -0.39 is 29.1 Å². The van der Waals surface area contributed by atoms with Gasteiger partial charge in [-0.25, -0.2) is 0 Å². The van der Waals surface area contributed by atoms with E-state index >= 15 is 0 Å². The average Bonchev–Trinajstić information content (AvgIpc) is 3.66. The van der Waals surface area contributed by atoms with Gasteiger partial charge < -0.3 is 10.3 Å². The van der Waals surface area contributed by atoms with Crippen LogP contribution in [0.5, 0.6) is 0 Å². The Morgan fingerprint density at radius 1 is 1.00 bits per heavy atom. The van der Waals surface area contributed by atoms with Gasteiger partial charge in [0, 0.05) is 57.5 Å². The number of alkyl halides is 3. The Morgan fingerprint density at radius 2 is 1.74 bits per heavy atom. The van der Waals surface area contributed by atoms with Gasteiger partial charge in [0.2, 0.25) is 5.91 Å². The normalized spacial score (nSPS) is 26.6. The Morgan fingerprint density at radius 3 is 2.53 bits per heavy atom. The van der Waals surface area contributed by atoms with Crippen molar-refractivity contribution >= 4 is 40.0 Å². The minimum atomic E-state index is -4.46. The van der Waals surface area contributed by atoms with Gasteiger partial charge in [0.05, 0.1) is 11.5 Å². The summed E-state index contributed by atoms with van der Waals surface area (Å²) in [6.45, 7) is 0. The van der Waals surface area contributed by atoms with Crippen LogP contribution in [0.4, 0.5) is 18.9 Å². The molecule has 0 bridgehead atoms. The fourth-order valence-electron chi connectivity index (χ4n) is 6.74. The number of carbonyl (C=O) groups excluding carboxylic acids is 2. The first-order chi connectivity index (χ1) is 18.3. The second-order valence-electron chi connectivity index (χ2n) is 10.0. The first-order valence-corrected chi connectivity index (χ1v) is 13.5. The number of para-hydroxylation sites is 2. The molecule has 2 saturated heterocycles. The van der Waals surface area contributed by atoms with E-state index in [9.17, 15) is 22.8 Å². The van der Waals surface area contributed by atoms with Crippen molar-refractivity contribution in [1.29, 1.82) is 0 Å². The molecule has 3 aromatic carbocycles. The molecule has 38 heavy (non-hydrogen) atoms. The lowest BCUT2D eigenvalue weighted by atomic mass is 9.69. The fourth-order valence-corrected chi connectivity index (χ4v) is 8.07. The van der Waals surface area contributed by atoms with E-state index in [1.165, 1.54) is 12.1 Å². The number of halogens is 3. The molecule has 4 aromatic rings. The lowest BCUT2D eigenvalue weighted by molar-refractivity contribution is -0.137. The van der Waals surface area contributed by atoms with Crippen LogP contribution in [0.15, 0.2) is 79.0 Å². The average molecular weight is 534 g/mol. The standard InChI is InChI=1S/C29H22F3N3O2S/c30-29(31,32)17-11-9-16(10-12-17)24-23-14-38-15-35(23)28(20-6-2-4-8-22(20)34-27(28)37)25(24)26(36)19-13-33-21-7-3-1-5-18(19)21/h1-13,23-25,33H,14-15H2,(H,34,37)/t23-,24-,25-,28+/m0/s1. The largest absolute Gasteiger partial charge is 0.416 e. The van der Waals surface area contributed by atoms with Gasteiger partial charge in [-0.15, -0.1) is 11.8 Å². The zero-order chi connectivity index (χ0) is 26.2. The number of nitrogens with one attached hydrogen (secondary N) is 2. The number of aromatic nitrogens is 1. The summed E-state index contributed by atoms with van der Waals surface area (Å²) in [5.74, 6) is -0.572. The second kappa shape index (κ2) is 8.22. The molecule has 5 nitrogen and oxygen atoms in total. The number of benzene rings is 3. The van der Waals surface area contributed by atoms with Crippen LogP contribution in [-0.4, -0.2) is 39.2 Å². The van der Waals surface area contributed by atoms with Gasteiger partial charge in [0.25, 0.3) is 0 Å². The third-order valence-corrected chi connectivity index (χ3v) is 9.33. The van der Waals surface area contributed by atoms with Crippen LogP contribution in [-0.2, 0) is 16.5 Å². The van der Waals surface area contributed by atoms with Crippen molar-refractivity contribution in [3.63, 3.8) is 0 Å². The predicted octanol–water partition coefficient (Wildman–Crippen LogP) is 6.01. The number of amides is 1. The molecule has 0 unspecified atom stereocenters. The molecule has 9 heteroatoms. The molecule has 192 valence electrons. The predicted molar refractivity (Wildman–Crippen MR) is 140 cm³/mol. The van der Waals surface area contributed by atoms with Crippen LogP contribution in [0.2, 0.25) is 0 Å². The molecule has 2 fully saturated rings. The number of carbonyl (C=O) groups is 2. The Labute approximate surface area is 220 Å². The molecule has 4 heterocycles. The Hall–Kier alpha value is -3.56. The van der Waals surface area contributed by atoms with Crippen LogP contribution >= 0.6 is 11.8 Å². The summed E-state index contributed by atoms with van der Waals surface area (Å²) in [4.78, 5) is 34.0. The number of rotatable bonds is 3. The van der Waals surface area contributed by atoms with E-state index in [4.69, 9.17) is 0 Å². The van der Waals surface area contributed by atoms with Crippen LogP contribution in [0.3, 0.4) is 0 Å². The van der Waals surface area contributed by atoms with Gasteiger partial charge in [0.15, 0.2) is 5.78 Å². The summed E-state index contributed by atoms with van der Waals surface area (Å²) < 4.78 is 40.2. The molecule has 1 amide bonds. The third kappa shape index (κ3) is 3.12. The van der Waals surface area contributed by atoms with Gasteiger partial charge >= 0.3 is 6.18 Å². The highest BCUT2D eigenvalue weighted by Crippen LogP contribution is 2.61. The van der Waals surface area contributed by atoms with Gasteiger partial charge in [-0.3, -0.25) is 14.5 Å². The molecule has 7 rings (SSSR count). The maximum Gasteiger partial charge on any atom is 0.416 e. The van der Waals surface area contributed by atoms with Crippen LogP contribution < -0.4 is 5.32 Å². The fraction of sp³-hybridized carbons (Fsp3) is 0.241. The minimum Gasteiger partial charge on any atom is -0.360 e. The summed E-state index contributed by atoms with van der Waals surface area (Å²) in [6.07, 6.45) is -2.78. The third-order valence-electron chi connectivity index (χ3n) is 8.29. The molecule has 4 atom stereocenters. The Kier molecular flexibility index (Phi) is 5.09. The molecular weight excluding hydrogens is 511 g/mol. The number of nitrogens with zero attached hydrogens (tertiary/aromatic N) is 1. The van der Waals surface area contributed by atoms with Crippen molar-refractivity contribution in [3.8, 4) is 0 Å². The summed E-state index contributed by atoms with van der Waals surface area (Å²) >= 11 is 1.67. The zero-order valence-electron chi connectivity index (χ0n) is 20.0. The number of aromatic amines is 1. The second-order valence-corrected chi connectivity index (χ2v) is 11.0. The number of anilines is 1. The molecule has 0 aliphatic carbocycles. The van der Waals surface area contributed by atoms with Crippen molar-refractivity contribution in [2.75, 3.05) is 16.9 Å². The van der Waals surface area contributed by atoms with Crippen LogP contribution in [0.25, 0.3) is 10.9 Å². The number of fused-ring (bicyclic) bond motifs is 5. The van der Waals surface area contributed by atoms with E-state index in [1.54, 1.807) is 18.0 Å². The first-order valence-electron chi connectivity index (χ1n) is 12.3. The lowest BCUT2D eigenvalue weighted by Gasteiger charge is -2.36. The summed E-state index contributed by atoms with van der Waals surface area (Å²) in [5, 5.41) is 3.77. The highest BCUT2D eigenvalue weighted by molar-refractivity contribution is 7.99. The summed E-state index contributed by atoms with van der Waals surface area (Å²) in [6, 6.07) is 19.8. The van der Waals surface area contributed by atoms with Gasteiger partial charge in [-0.05, 0) is 29.8 Å². The monoisotopic (exact) mass is 533 g/mol. The zero-order valence-corrected chi connectivity index (χ0v) is 20.8. The van der Waals surface area contributed by atoms with Crippen molar-refractivity contribution in [3.05, 3.63) is 101 Å². The molecule has 2 N–H and O–H groups in total. The number of H-pyrrole nitrogens is 1. The topological polar surface area (TPSA) is 65.2 Å².